The Morgan fingerprint density at radius 2 is 2.00 bits per heavy atom. The first-order valence-corrected chi connectivity index (χ1v) is 10.5. The minimum Gasteiger partial charge on any atom is -0.376 e. The number of rotatable bonds is 7. The molecule has 0 N–H and O–H groups in total. The van der Waals surface area contributed by atoms with E-state index in [1.54, 1.807) is 9.80 Å². The lowest BCUT2D eigenvalue weighted by molar-refractivity contribution is -0.135. The van der Waals surface area contributed by atoms with E-state index in [-0.39, 0.29) is 41.9 Å². The maximum absolute atomic E-state index is 12.5. The third-order valence-corrected chi connectivity index (χ3v) is 6.55. The van der Waals surface area contributed by atoms with E-state index in [9.17, 15) is 18.0 Å². The molecule has 2 aliphatic rings. The van der Waals surface area contributed by atoms with E-state index in [0.717, 1.165) is 19.4 Å². The molecule has 2 aliphatic heterocycles. The molecule has 2 saturated heterocycles. The Balaban J connectivity index is 1.87. The third-order valence-electron chi connectivity index (χ3n) is 4.80. The number of nitrogens with zero attached hydrogens (tertiary/aromatic N) is 2. The molecule has 0 aromatic carbocycles. The highest BCUT2D eigenvalue weighted by Crippen LogP contribution is 2.19. The van der Waals surface area contributed by atoms with Crippen LogP contribution in [-0.2, 0) is 24.2 Å². The van der Waals surface area contributed by atoms with Gasteiger partial charge in [-0.1, -0.05) is 0 Å². The Morgan fingerprint density at radius 1 is 1.25 bits per heavy atom. The number of amides is 2. The first-order chi connectivity index (χ1) is 11.3. The van der Waals surface area contributed by atoms with Gasteiger partial charge < -0.3 is 14.5 Å². The molecule has 2 rings (SSSR count). The Kier molecular flexibility index (Phi) is 6.62. The number of ether oxygens (including phenoxy) is 1. The highest BCUT2D eigenvalue weighted by Gasteiger charge is 2.34. The molecule has 2 amide bonds. The molecule has 2 heterocycles. The van der Waals surface area contributed by atoms with Crippen LogP contribution in [-0.4, -0.2) is 79.9 Å². The summed E-state index contributed by atoms with van der Waals surface area (Å²) in [6.45, 7) is 5.45. The van der Waals surface area contributed by atoms with E-state index >= 15 is 0 Å². The largest absolute Gasteiger partial charge is 0.376 e. The summed E-state index contributed by atoms with van der Waals surface area (Å²) in [4.78, 5) is 27.6. The van der Waals surface area contributed by atoms with Crippen molar-refractivity contribution < 1.29 is 22.7 Å². The lowest BCUT2D eigenvalue weighted by Crippen LogP contribution is -2.43. The molecule has 0 aromatic heterocycles. The Bertz CT molecular complexity index is 557. The number of carbonyl (C=O) groups is 2. The smallest absolute Gasteiger partial charge is 0.224 e. The van der Waals surface area contributed by atoms with Gasteiger partial charge in [-0.3, -0.25) is 9.59 Å². The summed E-state index contributed by atoms with van der Waals surface area (Å²) >= 11 is 0. The van der Waals surface area contributed by atoms with Crippen LogP contribution < -0.4 is 0 Å². The van der Waals surface area contributed by atoms with Gasteiger partial charge in [0.2, 0.25) is 11.8 Å². The van der Waals surface area contributed by atoms with Crippen LogP contribution in [0, 0.1) is 0 Å². The van der Waals surface area contributed by atoms with Gasteiger partial charge in [0.25, 0.3) is 0 Å². The maximum atomic E-state index is 12.5. The van der Waals surface area contributed by atoms with Gasteiger partial charge in [-0.2, -0.15) is 0 Å². The second-order valence-corrected chi connectivity index (χ2v) is 8.82. The summed E-state index contributed by atoms with van der Waals surface area (Å²) in [7, 11) is -3.02. The van der Waals surface area contributed by atoms with Crippen LogP contribution in [0.1, 0.15) is 39.5 Å². The fourth-order valence-electron chi connectivity index (χ4n) is 3.45. The molecule has 2 fully saturated rings. The SMILES string of the molecule is CCN(C(=O)CCN(CC1CCCO1)C(C)=O)C1CCS(=O)(=O)C1. The molecule has 0 radical (unpaired) electrons. The standard InChI is InChI=1S/C16H28N2O5S/c1-3-18(14-7-10-24(21,22)12-14)16(20)6-8-17(13(2)19)11-15-5-4-9-23-15/h14-15H,3-12H2,1-2H3. The molecule has 138 valence electrons. The molecule has 2 unspecified atom stereocenters. The van der Waals surface area contributed by atoms with Gasteiger partial charge in [0, 0.05) is 45.6 Å². The number of carbonyl (C=O) groups excluding carboxylic acids is 2. The molecule has 8 heteroatoms. The minimum absolute atomic E-state index is 0.0545. The lowest BCUT2D eigenvalue weighted by Gasteiger charge is -2.29. The monoisotopic (exact) mass is 360 g/mol. The van der Waals surface area contributed by atoms with Crippen molar-refractivity contribution in [3.8, 4) is 0 Å². The molecule has 0 bridgehead atoms. The van der Waals surface area contributed by atoms with Gasteiger partial charge in [0.1, 0.15) is 0 Å². The first kappa shape index (κ1) is 19.2. The molecule has 7 nitrogen and oxygen atoms in total. The molecule has 0 saturated carbocycles. The van der Waals surface area contributed by atoms with Crippen molar-refractivity contribution in [2.45, 2.75) is 51.7 Å². The predicted molar refractivity (Wildman–Crippen MR) is 90.3 cm³/mol. The van der Waals surface area contributed by atoms with Crippen LogP contribution in [0.5, 0.6) is 0 Å². The van der Waals surface area contributed by atoms with E-state index in [0.29, 0.717) is 26.1 Å². The molecule has 0 aliphatic carbocycles. The average Bonchev–Trinajstić information content (AvgIpc) is 3.13. The van der Waals surface area contributed by atoms with Gasteiger partial charge in [-0.05, 0) is 26.2 Å². The normalized spacial score (nSPS) is 25.6. The molecular formula is C16H28N2O5S. The van der Waals surface area contributed by atoms with Gasteiger partial charge in [-0.25, -0.2) is 8.42 Å². The topological polar surface area (TPSA) is 84.0 Å². The van der Waals surface area contributed by atoms with E-state index in [1.807, 2.05) is 6.92 Å². The second kappa shape index (κ2) is 8.29. The zero-order valence-corrected chi connectivity index (χ0v) is 15.4. The van der Waals surface area contributed by atoms with Gasteiger partial charge >= 0.3 is 0 Å². The summed E-state index contributed by atoms with van der Waals surface area (Å²) in [5.74, 6) is 0.0573. The third kappa shape index (κ3) is 5.17. The second-order valence-electron chi connectivity index (χ2n) is 6.59. The fraction of sp³-hybridized carbons (Fsp3) is 0.875. The average molecular weight is 360 g/mol. The van der Waals surface area contributed by atoms with E-state index in [4.69, 9.17) is 4.74 Å². The summed E-state index contributed by atoms with van der Waals surface area (Å²) in [5, 5.41) is 0. The van der Waals surface area contributed by atoms with Crippen molar-refractivity contribution in [1.29, 1.82) is 0 Å². The Labute approximate surface area is 144 Å². The van der Waals surface area contributed by atoms with Crippen molar-refractivity contribution in [3.05, 3.63) is 0 Å². The summed E-state index contributed by atoms with van der Waals surface area (Å²) < 4.78 is 28.8. The van der Waals surface area contributed by atoms with Crippen LogP contribution in [0.2, 0.25) is 0 Å². The van der Waals surface area contributed by atoms with Crippen LogP contribution in [0.3, 0.4) is 0 Å². The van der Waals surface area contributed by atoms with Crippen molar-refractivity contribution in [2.24, 2.45) is 0 Å². The zero-order valence-electron chi connectivity index (χ0n) is 14.6. The fourth-order valence-corrected chi connectivity index (χ4v) is 5.18. The van der Waals surface area contributed by atoms with Crippen LogP contribution in [0.15, 0.2) is 0 Å². The minimum atomic E-state index is -3.02. The van der Waals surface area contributed by atoms with E-state index in [1.165, 1.54) is 6.92 Å². The van der Waals surface area contributed by atoms with Gasteiger partial charge in [0.15, 0.2) is 9.84 Å². The molecule has 0 spiro atoms. The summed E-state index contributed by atoms with van der Waals surface area (Å²) in [6.07, 6.45) is 2.74. The van der Waals surface area contributed by atoms with Gasteiger partial charge in [0.05, 0.1) is 17.6 Å². The van der Waals surface area contributed by atoms with Gasteiger partial charge in [-0.15, -0.1) is 0 Å². The predicted octanol–water partition coefficient (Wildman–Crippen LogP) is 0.440. The van der Waals surface area contributed by atoms with Crippen molar-refractivity contribution in [3.63, 3.8) is 0 Å². The van der Waals surface area contributed by atoms with Crippen LogP contribution >= 0.6 is 0 Å². The Morgan fingerprint density at radius 3 is 2.50 bits per heavy atom. The first-order valence-electron chi connectivity index (χ1n) is 8.69. The molecular weight excluding hydrogens is 332 g/mol. The van der Waals surface area contributed by atoms with Crippen LogP contribution in [0.25, 0.3) is 0 Å². The molecule has 2 atom stereocenters. The number of hydrogen-bond donors (Lipinski definition) is 0. The van der Waals surface area contributed by atoms with Crippen LogP contribution in [0.4, 0.5) is 0 Å². The Hall–Kier alpha value is -1.15. The quantitative estimate of drug-likeness (QED) is 0.658. The highest BCUT2D eigenvalue weighted by molar-refractivity contribution is 7.91. The molecule has 24 heavy (non-hydrogen) atoms. The number of sulfone groups is 1. The number of hydrogen-bond acceptors (Lipinski definition) is 5. The van der Waals surface area contributed by atoms with E-state index in [2.05, 4.69) is 0 Å². The highest BCUT2D eigenvalue weighted by atomic mass is 32.2. The summed E-state index contributed by atoms with van der Waals surface area (Å²) in [5.41, 5.74) is 0. The van der Waals surface area contributed by atoms with Crippen molar-refractivity contribution in [1.82, 2.24) is 9.80 Å². The van der Waals surface area contributed by atoms with Crippen molar-refractivity contribution in [2.75, 3.05) is 37.7 Å². The van der Waals surface area contributed by atoms with E-state index < -0.39 is 9.84 Å². The molecule has 0 aromatic rings. The summed E-state index contributed by atoms with van der Waals surface area (Å²) in [6, 6.07) is -0.226. The lowest BCUT2D eigenvalue weighted by atomic mass is 10.2. The maximum Gasteiger partial charge on any atom is 0.224 e. The van der Waals surface area contributed by atoms with Crippen molar-refractivity contribution >= 4 is 21.7 Å². The zero-order chi connectivity index (χ0) is 17.7.